The maximum atomic E-state index is 11.3. The zero-order chi connectivity index (χ0) is 12.4. The van der Waals surface area contributed by atoms with Crippen LogP contribution in [-0.2, 0) is 9.53 Å². The monoisotopic (exact) mass is 230 g/mol. The second kappa shape index (κ2) is 9.64. The molecule has 0 aromatic carbocycles. The lowest BCUT2D eigenvalue weighted by Crippen LogP contribution is -2.24. The van der Waals surface area contributed by atoms with Crippen LogP contribution < -0.4 is 0 Å². The van der Waals surface area contributed by atoms with Gasteiger partial charge in [-0.3, -0.25) is 4.79 Å². The van der Waals surface area contributed by atoms with Crippen LogP contribution in [-0.4, -0.2) is 23.8 Å². The van der Waals surface area contributed by atoms with Crippen molar-refractivity contribution in [3.05, 3.63) is 0 Å². The van der Waals surface area contributed by atoms with Crippen LogP contribution in [0, 0.1) is 5.92 Å². The highest BCUT2D eigenvalue weighted by Gasteiger charge is 2.20. The van der Waals surface area contributed by atoms with E-state index < -0.39 is 6.10 Å². The number of aliphatic hydroxyl groups excluding tert-OH is 1. The van der Waals surface area contributed by atoms with E-state index in [0.29, 0.717) is 6.61 Å². The van der Waals surface area contributed by atoms with Crippen LogP contribution in [0.5, 0.6) is 0 Å². The van der Waals surface area contributed by atoms with Gasteiger partial charge in [0.05, 0.1) is 19.1 Å². The molecule has 0 fully saturated rings. The first-order chi connectivity index (χ1) is 7.65. The van der Waals surface area contributed by atoms with Crippen LogP contribution in [0.3, 0.4) is 0 Å². The minimum absolute atomic E-state index is 0.141. The Hall–Kier alpha value is -0.570. The fraction of sp³-hybridized carbons (Fsp3) is 0.923. The molecule has 1 N–H and O–H groups in total. The summed E-state index contributed by atoms with van der Waals surface area (Å²) in [6, 6.07) is 0. The molecule has 0 amide bonds. The highest BCUT2D eigenvalue weighted by molar-refractivity contribution is 5.69. The van der Waals surface area contributed by atoms with Crippen molar-refractivity contribution >= 4 is 5.97 Å². The Morgan fingerprint density at radius 1 is 1.25 bits per heavy atom. The van der Waals surface area contributed by atoms with E-state index in [1.165, 1.54) is 0 Å². The maximum absolute atomic E-state index is 11.3. The third-order valence-electron chi connectivity index (χ3n) is 2.84. The number of carbonyl (C=O) groups excluding carboxylic acids is 1. The Morgan fingerprint density at radius 3 is 2.44 bits per heavy atom. The molecule has 0 aliphatic rings. The van der Waals surface area contributed by atoms with Gasteiger partial charge in [-0.1, -0.05) is 40.0 Å². The molecule has 3 nitrogen and oxygen atoms in total. The van der Waals surface area contributed by atoms with E-state index in [1.807, 2.05) is 6.92 Å². The van der Waals surface area contributed by atoms with E-state index in [-0.39, 0.29) is 18.3 Å². The zero-order valence-corrected chi connectivity index (χ0v) is 10.9. The molecular formula is C13H26O3. The summed E-state index contributed by atoms with van der Waals surface area (Å²) in [5.41, 5.74) is 0. The third kappa shape index (κ3) is 6.83. The van der Waals surface area contributed by atoms with Crippen molar-refractivity contribution in [2.45, 2.75) is 65.4 Å². The summed E-state index contributed by atoms with van der Waals surface area (Å²) in [7, 11) is 0. The molecule has 0 aliphatic heterocycles. The van der Waals surface area contributed by atoms with Gasteiger partial charge in [0, 0.05) is 0 Å². The molecule has 3 heteroatoms. The molecule has 0 rings (SSSR count). The summed E-state index contributed by atoms with van der Waals surface area (Å²) in [6.45, 7) is 6.60. The van der Waals surface area contributed by atoms with E-state index in [4.69, 9.17) is 4.74 Å². The summed E-state index contributed by atoms with van der Waals surface area (Å²) >= 11 is 0. The molecule has 0 saturated heterocycles. The lowest BCUT2D eigenvalue weighted by Gasteiger charge is -2.20. The molecule has 0 unspecified atom stereocenters. The Kier molecular flexibility index (Phi) is 9.30. The van der Waals surface area contributed by atoms with Gasteiger partial charge in [-0.05, 0) is 18.8 Å². The van der Waals surface area contributed by atoms with Crippen LogP contribution in [0.2, 0.25) is 0 Å². The van der Waals surface area contributed by atoms with Gasteiger partial charge < -0.3 is 9.84 Å². The van der Waals surface area contributed by atoms with Gasteiger partial charge in [0.25, 0.3) is 0 Å². The summed E-state index contributed by atoms with van der Waals surface area (Å²) in [5.74, 6) is -0.0431. The topological polar surface area (TPSA) is 46.5 Å². The van der Waals surface area contributed by atoms with Gasteiger partial charge in [0.1, 0.15) is 0 Å². The number of rotatable bonds is 9. The third-order valence-corrected chi connectivity index (χ3v) is 2.84. The number of unbranched alkanes of at least 4 members (excludes halogenated alkanes) is 1. The Labute approximate surface area is 99.2 Å². The Morgan fingerprint density at radius 2 is 1.94 bits per heavy atom. The average molecular weight is 230 g/mol. The van der Waals surface area contributed by atoms with Gasteiger partial charge in [0.2, 0.25) is 0 Å². The van der Waals surface area contributed by atoms with E-state index in [9.17, 15) is 9.90 Å². The number of carbonyl (C=O) groups is 1. The molecule has 16 heavy (non-hydrogen) atoms. The van der Waals surface area contributed by atoms with Crippen molar-refractivity contribution in [1.29, 1.82) is 0 Å². The number of hydrogen-bond donors (Lipinski definition) is 1. The van der Waals surface area contributed by atoms with E-state index >= 15 is 0 Å². The van der Waals surface area contributed by atoms with Crippen molar-refractivity contribution in [3.8, 4) is 0 Å². The fourth-order valence-corrected chi connectivity index (χ4v) is 1.75. The highest BCUT2D eigenvalue weighted by Crippen LogP contribution is 2.19. The number of hydrogen-bond acceptors (Lipinski definition) is 3. The highest BCUT2D eigenvalue weighted by atomic mass is 16.5. The molecule has 0 saturated carbocycles. The van der Waals surface area contributed by atoms with Gasteiger partial charge in [0.15, 0.2) is 0 Å². The van der Waals surface area contributed by atoms with Crippen molar-refractivity contribution < 1.29 is 14.6 Å². The summed E-state index contributed by atoms with van der Waals surface area (Å²) in [6.07, 6.45) is 4.58. The predicted octanol–water partition coefficient (Wildman–Crippen LogP) is 2.91. The van der Waals surface area contributed by atoms with Gasteiger partial charge in [-0.25, -0.2) is 0 Å². The summed E-state index contributed by atoms with van der Waals surface area (Å²) in [4.78, 5) is 11.3. The van der Waals surface area contributed by atoms with Crippen molar-refractivity contribution in [3.63, 3.8) is 0 Å². The predicted molar refractivity (Wildman–Crippen MR) is 65.2 cm³/mol. The number of aliphatic hydroxyl groups is 1. The molecule has 0 bridgehead atoms. The van der Waals surface area contributed by atoms with Gasteiger partial charge in [-0.15, -0.1) is 0 Å². The Balaban J connectivity index is 3.89. The fourth-order valence-electron chi connectivity index (χ4n) is 1.75. The first-order valence-electron chi connectivity index (χ1n) is 6.49. The van der Waals surface area contributed by atoms with Crippen LogP contribution >= 0.6 is 0 Å². The largest absolute Gasteiger partial charge is 0.466 e. The van der Waals surface area contributed by atoms with Crippen molar-refractivity contribution in [2.75, 3.05) is 6.61 Å². The minimum Gasteiger partial charge on any atom is -0.466 e. The standard InChI is InChI=1S/C13H26O3/c1-4-7-8-11(6-3)12(14)10-13(15)16-9-5-2/h11-12,14H,4-10H2,1-3H3/t11-,12+/m1/s1. The zero-order valence-electron chi connectivity index (χ0n) is 10.9. The van der Waals surface area contributed by atoms with Crippen LogP contribution in [0.4, 0.5) is 0 Å². The molecule has 2 atom stereocenters. The molecule has 96 valence electrons. The van der Waals surface area contributed by atoms with E-state index in [2.05, 4.69) is 13.8 Å². The smallest absolute Gasteiger partial charge is 0.308 e. The molecule has 0 heterocycles. The molecule has 0 spiro atoms. The summed E-state index contributed by atoms with van der Waals surface area (Å²) in [5, 5.41) is 9.90. The van der Waals surface area contributed by atoms with Gasteiger partial charge >= 0.3 is 5.97 Å². The minimum atomic E-state index is -0.541. The van der Waals surface area contributed by atoms with E-state index in [0.717, 1.165) is 32.1 Å². The maximum Gasteiger partial charge on any atom is 0.308 e. The molecular weight excluding hydrogens is 204 g/mol. The number of ether oxygens (including phenoxy) is 1. The molecule has 0 aliphatic carbocycles. The van der Waals surface area contributed by atoms with Crippen molar-refractivity contribution in [2.24, 2.45) is 5.92 Å². The van der Waals surface area contributed by atoms with Crippen LogP contribution in [0.25, 0.3) is 0 Å². The van der Waals surface area contributed by atoms with Crippen LogP contribution in [0.1, 0.15) is 59.3 Å². The Bertz CT molecular complexity index is 180. The second-order valence-electron chi connectivity index (χ2n) is 4.30. The average Bonchev–Trinajstić information content (AvgIpc) is 2.27. The second-order valence-corrected chi connectivity index (χ2v) is 4.30. The van der Waals surface area contributed by atoms with Crippen molar-refractivity contribution in [1.82, 2.24) is 0 Å². The SMILES string of the molecule is CCCC[C@@H](CC)[C@@H](O)CC(=O)OCCC. The molecule has 0 aromatic rings. The summed E-state index contributed by atoms with van der Waals surface area (Å²) < 4.78 is 4.96. The first-order valence-corrected chi connectivity index (χ1v) is 6.49. The lowest BCUT2D eigenvalue weighted by atomic mass is 9.91. The lowest BCUT2D eigenvalue weighted by molar-refractivity contribution is -0.146. The van der Waals surface area contributed by atoms with Gasteiger partial charge in [-0.2, -0.15) is 0 Å². The normalized spacial score (nSPS) is 14.5. The molecule has 0 radical (unpaired) electrons. The quantitative estimate of drug-likeness (QED) is 0.619. The number of esters is 1. The van der Waals surface area contributed by atoms with Crippen LogP contribution in [0.15, 0.2) is 0 Å². The molecule has 0 aromatic heterocycles. The first kappa shape index (κ1) is 15.4. The van der Waals surface area contributed by atoms with E-state index in [1.54, 1.807) is 0 Å².